The highest BCUT2D eigenvalue weighted by molar-refractivity contribution is 7.79. The fourth-order valence-corrected chi connectivity index (χ4v) is 1.98. The molecule has 4 heteroatoms. The second-order valence-corrected chi connectivity index (χ2v) is 4.59. The molecule has 0 saturated carbocycles. The van der Waals surface area contributed by atoms with E-state index in [1.165, 1.54) is 0 Å². The Kier molecular flexibility index (Phi) is 9.46. The Labute approximate surface area is 132 Å². The quantitative estimate of drug-likeness (QED) is 0.686. The lowest BCUT2D eigenvalue weighted by Crippen LogP contribution is -2.25. The summed E-state index contributed by atoms with van der Waals surface area (Å²) in [6, 6.07) is 9.29. The van der Waals surface area contributed by atoms with Crippen molar-refractivity contribution in [3.05, 3.63) is 46.2 Å². The number of thiol groups is 1. The van der Waals surface area contributed by atoms with Crippen LogP contribution in [0.5, 0.6) is 0 Å². The van der Waals surface area contributed by atoms with Crippen LogP contribution in [-0.4, -0.2) is 17.1 Å². The normalized spacial score (nSPS) is 9.48. The summed E-state index contributed by atoms with van der Waals surface area (Å²) >= 11 is 3.53. The molecule has 0 N–H and O–H groups in total. The summed E-state index contributed by atoms with van der Waals surface area (Å²) < 4.78 is 1.68. The maximum Gasteiger partial charge on any atom is 0.261 e. The number of carbonyl (C=O) groups is 1. The topological polar surface area (TPSA) is 39.1 Å². The van der Waals surface area contributed by atoms with E-state index in [0.717, 1.165) is 10.9 Å². The van der Waals surface area contributed by atoms with Gasteiger partial charge in [-0.15, -0.1) is 0 Å². The lowest BCUT2D eigenvalue weighted by Gasteiger charge is -2.13. The van der Waals surface area contributed by atoms with Crippen LogP contribution in [0.15, 0.2) is 35.1 Å². The number of fused-ring (bicyclic) bond motifs is 1. The fourth-order valence-electron chi connectivity index (χ4n) is 1.98. The summed E-state index contributed by atoms with van der Waals surface area (Å²) in [5.74, 6) is 0.359. The summed E-state index contributed by atoms with van der Waals surface area (Å²) in [5.41, 5.74) is 0.911. The molecule has 3 nitrogen and oxygen atoms in total. The largest absolute Gasteiger partial charge is 0.307 e. The van der Waals surface area contributed by atoms with Gasteiger partial charge in [-0.2, -0.15) is 12.6 Å². The van der Waals surface area contributed by atoms with Crippen LogP contribution in [-0.2, 0) is 6.54 Å². The van der Waals surface area contributed by atoms with Crippen LogP contribution in [0.25, 0.3) is 10.9 Å². The van der Waals surface area contributed by atoms with Crippen molar-refractivity contribution >= 4 is 29.8 Å². The molecule has 0 aliphatic rings. The Morgan fingerprint density at radius 1 is 1.19 bits per heavy atom. The van der Waals surface area contributed by atoms with Gasteiger partial charge in [-0.1, -0.05) is 45.9 Å². The van der Waals surface area contributed by atoms with E-state index in [4.69, 9.17) is 0 Å². The maximum absolute atomic E-state index is 12.1. The number of carbonyl (C=O) groups excluding carboxylic acids is 1. The third-order valence-electron chi connectivity index (χ3n) is 2.71. The molecule has 1 aromatic heterocycles. The van der Waals surface area contributed by atoms with Crippen molar-refractivity contribution in [3.8, 4) is 0 Å². The first-order chi connectivity index (χ1) is 10.1. The summed E-state index contributed by atoms with van der Waals surface area (Å²) in [6.45, 7) is 8.73. The van der Waals surface area contributed by atoms with Gasteiger partial charge >= 0.3 is 0 Å². The molecule has 2 aromatic rings. The minimum atomic E-state index is -0.201. The van der Waals surface area contributed by atoms with E-state index in [9.17, 15) is 9.59 Å². The molecule has 0 aliphatic carbocycles. The monoisotopic (exact) mass is 307 g/mol. The summed E-state index contributed by atoms with van der Waals surface area (Å²) in [6.07, 6.45) is 2.33. The average Bonchev–Trinajstić information content (AvgIpc) is 2.53. The Morgan fingerprint density at radius 3 is 2.29 bits per heavy atom. The van der Waals surface area contributed by atoms with Crippen molar-refractivity contribution < 1.29 is 4.79 Å². The van der Waals surface area contributed by atoms with Gasteiger partial charge in [0.1, 0.15) is 0 Å². The number of aromatic nitrogens is 1. The van der Waals surface area contributed by atoms with Crippen LogP contribution >= 0.6 is 12.6 Å². The van der Waals surface area contributed by atoms with Crippen molar-refractivity contribution in [3.63, 3.8) is 0 Å². The van der Waals surface area contributed by atoms with Crippen molar-refractivity contribution in [1.82, 2.24) is 4.57 Å². The number of hydrogen-bond acceptors (Lipinski definition) is 3. The van der Waals surface area contributed by atoms with Gasteiger partial charge in [0.25, 0.3) is 5.56 Å². The van der Waals surface area contributed by atoms with E-state index in [1.54, 1.807) is 16.9 Å². The van der Waals surface area contributed by atoms with Gasteiger partial charge in [0.2, 0.25) is 0 Å². The standard InChI is InChI=1S/C14H15NO2.C2H6.CH4S/c1-10(2)8-15-13-6-4-3-5-11(13)7-12(9-16)14(15)17;2*1-2/h3-7,9-10H,8H2,1-2H3;1-2H3;2H,1H3. The Balaban J connectivity index is 0.000000921. The highest BCUT2D eigenvalue weighted by Gasteiger charge is 2.09. The molecular weight excluding hydrogens is 282 g/mol. The van der Waals surface area contributed by atoms with Gasteiger partial charge < -0.3 is 4.57 Å². The number of aldehydes is 1. The minimum Gasteiger partial charge on any atom is -0.307 e. The van der Waals surface area contributed by atoms with Crippen molar-refractivity contribution in [2.24, 2.45) is 5.92 Å². The van der Waals surface area contributed by atoms with Crippen molar-refractivity contribution in [2.45, 2.75) is 34.2 Å². The van der Waals surface area contributed by atoms with E-state index in [-0.39, 0.29) is 11.1 Å². The van der Waals surface area contributed by atoms with Gasteiger partial charge in [-0.25, -0.2) is 0 Å². The molecule has 0 unspecified atom stereocenters. The summed E-state index contributed by atoms with van der Waals surface area (Å²) in [7, 11) is 0. The third kappa shape index (κ3) is 5.05. The number of para-hydroxylation sites is 1. The van der Waals surface area contributed by atoms with Crippen LogP contribution in [0, 0.1) is 5.92 Å². The molecule has 0 fully saturated rings. The number of pyridine rings is 1. The predicted molar refractivity (Wildman–Crippen MR) is 94.7 cm³/mol. The lowest BCUT2D eigenvalue weighted by atomic mass is 10.1. The van der Waals surface area contributed by atoms with Gasteiger partial charge in [-0.05, 0) is 29.7 Å². The smallest absolute Gasteiger partial charge is 0.261 e. The predicted octanol–water partition coefficient (Wildman–Crippen LogP) is 4.04. The second kappa shape index (κ2) is 10.2. The molecule has 0 atom stereocenters. The van der Waals surface area contributed by atoms with Crippen LogP contribution in [0.4, 0.5) is 0 Å². The molecule has 21 heavy (non-hydrogen) atoms. The van der Waals surface area contributed by atoms with Crippen LogP contribution in [0.2, 0.25) is 0 Å². The first kappa shape index (κ1) is 19.4. The molecular formula is C17H25NO2S. The highest BCUT2D eigenvalue weighted by Crippen LogP contribution is 2.14. The van der Waals surface area contributed by atoms with Gasteiger partial charge in [0.15, 0.2) is 6.29 Å². The molecule has 0 saturated heterocycles. The SMILES string of the molecule is CC.CC(C)Cn1c(=O)c(C=O)cc2ccccc21.CS. The molecule has 2 rings (SSSR count). The molecule has 0 spiro atoms. The first-order valence-electron chi connectivity index (χ1n) is 7.16. The van der Waals surface area contributed by atoms with Crippen molar-refractivity contribution in [2.75, 3.05) is 6.26 Å². The Hall–Kier alpha value is -1.55. The summed E-state index contributed by atoms with van der Waals surface area (Å²) in [5, 5.41) is 0.926. The zero-order valence-electron chi connectivity index (χ0n) is 13.5. The molecule has 1 aromatic carbocycles. The number of nitrogens with zero attached hydrogens (tertiary/aromatic N) is 1. The van der Waals surface area contributed by atoms with E-state index in [1.807, 2.05) is 38.1 Å². The highest BCUT2D eigenvalue weighted by atomic mass is 32.1. The van der Waals surface area contributed by atoms with E-state index in [0.29, 0.717) is 18.7 Å². The molecule has 0 bridgehead atoms. The molecule has 0 radical (unpaired) electrons. The van der Waals surface area contributed by atoms with Gasteiger partial charge in [0, 0.05) is 6.54 Å². The molecule has 0 amide bonds. The number of rotatable bonds is 3. The Morgan fingerprint density at radius 2 is 1.76 bits per heavy atom. The maximum atomic E-state index is 12.1. The van der Waals surface area contributed by atoms with Gasteiger partial charge in [0.05, 0.1) is 11.1 Å². The Bertz CT molecular complexity index is 618. The van der Waals surface area contributed by atoms with Gasteiger partial charge in [-0.3, -0.25) is 9.59 Å². The van der Waals surface area contributed by atoms with E-state index >= 15 is 0 Å². The zero-order valence-corrected chi connectivity index (χ0v) is 14.4. The second-order valence-electron chi connectivity index (χ2n) is 4.59. The lowest BCUT2D eigenvalue weighted by molar-refractivity contribution is 0.112. The van der Waals surface area contributed by atoms with Crippen LogP contribution in [0.3, 0.4) is 0 Å². The zero-order chi connectivity index (χ0) is 16.4. The third-order valence-corrected chi connectivity index (χ3v) is 2.71. The first-order valence-corrected chi connectivity index (χ1v) is 8.05. The summed E-state index contributed by atoms with van der Waals surface area (Å²) in [4.78, 5) is 23.0. The average molecular weight is 307 g/mol. The molecule has 1 heterocycles. The van der Waals surface area contributed by atoms with E-state index < -0.39 is 0 Å². The van der Waals surface area contributed by atoms with Crippen LogP contribution in [0.1, 0.15) is 38.1 Å². The number of benzene rings is 1. The van der Waals surface area contributed by atoms with Crippen LogP contribution < -0.4 is 5.56 Å². The molecule has 116 valence electrons. The fraction of sp³-hybridized carbons (Fsp3) is 0.412. The minimum absolute atomic E-state index is 0.201. The number of hydrogen-bond donors (Lipinski definition) is 1. The van der Waals surface area contributed by atoms with E-state index in [2.05, 4.69) is 26.5 Å². The van der Waals surface area contributed by atoms with Crippen molar-refractivity contribution in [1.29, 1.82) is 0 Å². The molecule has 0 aliphatic heterocycles.